The van der Waals surface area contributed by atoms with Crippen molar-refractivity contribution in [2.24, 2.45) is 17.8 Å². The molecule has 1 aromatic carbocycles. The number of anilines is 1. The molecule has 1 aromatic rings. The SMILES string of the molecule is CCC1CC2C(=O)N(Cc3c(N)cccc3Br)C(=O)C2C1. The molecule has 0 aromatic heterocycles. The van der Waals surface area contributed by atoms with Crippen LogP contribution in [0.4, 0.5) is 5.69 Å². The molecule has 1 saturated carbocycles. The highest BCUT2D eigenvalue weighted by Gasteiger charge is 2.52. The fraction of sp³-hybridized carbons (Fsp3) is 0.500. The summed E-state index contributed by atoms with van der Waals surface area (Å²) in [5.41, 5.74) is 7.39. The highest BCUT2D eigenvalue weighted by molar-refractivity contribution is 9.10. The van der Waals surface area contributed by atoms with Crippen LogP contribution in [0.25, 0.3) is 0 Å². The van der Waals surface area contributed by atoms with Crippen molar-refractivity contribution in [1.29, 1.82) is 0 Å². The molecule has 2 amide bonds. The standard InChI is InChI=1S/C16H19BrN2O2/c1-2-9-6-10-11(7-9)16(21)19(15(10)20)8-12-13(17)4-3-5-14(12)18/h3-5,9-11H,2,6-8,18H2,1H3. The van der Waals surface area contributed by atoms with Crippen LogP contribution in [-0.4, -0.2) is 16.7 Å². The summed E-state index contributed by atoms with van der Waals surface area (Å²) >= 11 is 3.45. The van der Waals surface area contributed by atoms with Gasteiger partial charge >= 0.3 is 0 Å². The van der Waals surface area contributed by atoms with Crippen molar-refractivity contribution in [3.8, 4) is 0 Å². The molecule has 2 N–H and O–H groups in total. The number of nitrogens with two attached hydrogens (primary N) is 1. The first-order valence-electron chi connectivity index (χ1n) is 7.41. The Kier molecular flexibility index (Phi) is 3.78. The Balaban J connectivity index is 1.82. The molecule has 1 aliphatic carbocycles. The van der Waals surface area contributed by atoms with Crippen molar-refractivity contribution in [3.63, 3.8) is 0 Å². The zero-order valence-corrected chi connectivity index (χ0v) is 13.6. The molecule has 1 saturated heterocycles. The number of carbonyl (C=O) groups excluding carboxylic acids is 2. The zero-order chi connectivity index (χ0) is 15.1. The first-order valence-corrected chi connectivity index (χ1v) is 8.20. The fourth-order valence-electron chi connectivity index (χ4n) is 3.59. The number of hydrogen-bond acceptors (Lipinski definition) is 3. The van der Waals surface area contributed by atoms with Gasteiger partial charge in [0.15, 0.2) is 0 Å². The lowest BCUT2D eigenvalue weighted by Gasteiger charge is -2.19. The van der Waals surface area contributed by atoms with E-state index in [-0.39, 0.29) is 30.2 Å². The number of fused-ring (bicyclic) bond motifs is 1. The minimum atomic E-state index is -0.105. The number of benzene rings is 1. The van der Waals surface area contributed by atoms with Crippen LogP contribution in [0, 0.1) is 17.8 Å². The molecule has 2 atom stereocenters. The smallest absolute Gasteiger partial charge is 0.233 e. The Morgan fingerprint density at radius 3 is 2.38 bits per heavy atom. The molecule has 0 bridgehead atoms. The largest absolute Gasteiger partial charge is 0.398 e. The number of halogens is 1. The van der Waals surface area contributed by atoms with Gasteiger partial charge in [0.05, 0.1) is 18.4 Å². The summed E-state index contributed by atoms with van der Waals surface area (Å²) in [6.45, 7) is 2.40. The minimum Gasteiger partial charge on any atom is -0.398 e. The summed E-state index contributed by atoms with van der Waals surface area (Å²) < 4.78 is 0.839. The third-order valence-electron chi connectivity index (χ3n) is 4.88. The quantitative estimate of drug-likeness (QED) is 0.673. The molecule has 2 unspecified atom stereocenters. The van der Waals surface area contributed by atoms with Crippen LogP contribution in [0.3, 0.4) is 0 Å². The Labute approximate surface area is 132 Å². The lowest BCUT2D eigenvalue weighted by molar-refractivity contribution is -0.141. The summed E-state index contributed by atoms with van der Waals surface area (Å²) in [6, 6.07) is 5.51. The maximum atomic E-state index is 12.5. The van der Waals surface area contributed by atoms with Gasteiger partial charge in [0.25, 0.3) is 0 Å². The molecule has 1 aliphatic heterocycles. The van der Waals surface area contributed by atoms with E-state index in [0.29, 0.717) is 11.6 Å². The van der Waals surface area contributed by atoms with Crippen LogP contribution in [-0.2, 0) is 16.1 Å². The summed E-state index contributed by atoms with van der Waals surface area (Å²) in [7, 11) is 0. The van der Waals surface area contributed by atoms with Crippen LogP contribution in [0.15, 0.2) is 22.7 Å². The Hall–Kier alpha value is -1.36. The van der Waals surface area contributed by atoms with Crippen molar-refractivity contribution >= 4 is 33.4 Å². The van der Waals surface area contributed by atoms with Crippen molar-refractivity contribution in [3.05, 3.63) is 28.2 Å². The molecule has 5 heteroatoms. The van der Waals surface area contributed by atoms with Crippen LogP contribution >= 0.6 is 15.9 Å². The van der Waals surface area contributed by atoms with E-state index in [1.807, 2.05) is 12.1 Å². The van der Waals surface area contributed by atoms with Gasteiger partial charge in [-0.15, -0.1) is 0 Å². The summed E-state index contributed by atoms with van der Waals surface area (Å²) in [5, 5.41) is 0. The average Bonchev–Trinajstić information content (AvgIpc) is 2.97. The number of nitrogens with zero attached hydrogens (tertiary/aromatic N) is 1. The summed E-state index contributed by atoms with van der Waals surface area (Å²) in [5.74, 6) is 0.271. The minimum absolute atomic E-state index is 0.0175. The number of likely N-dealkylation sites (tertiary alicyclic amines) is 1. The van der Waals surface area contributed by atoms with E-state index in [1.165, 1.54) is 4.90 Å². The van der Waals surface area contributed by atoms with Gasteiger partial charge in [0, 0.05) is 15.7 Å². The Bertz CT molecular complexity index is 558. The van der Waals surface area contributed by atoms with E-state index in [9.17, 15) is 9.59 Å². The van der Waals surface area contributed by atoms with Crippen molar-refractivity contribution in [1.82, 2.24) is 4.90 Å². The van der Waals surface area contributed by atoms with Crippen LogP contribution in [0.1, 0.15) is 31.7 Å². The maximum Gasteiger partial charge on any atom is 0.233 e. The fourth-order valence-corrected chi connectivity index (χ4v) is 4.09. The molecule has 0 spiro atoms. The second-order valence-electron chi connectivity index (χ2n) is 6.03. The second-order valence-corrected chi connectivity index (χ2v) is 6.88. The highest BCUT2D eigenvalue weighted by Crippen LogP contribution is 2.45. The van der Waals surface area contributed by atoms with Gasteiger partial charge in [0.2, 0.25) is 11.8 Å². The van der Waals surface area contributed by atoms with Crippen molar-refractivity contribution < 1.29 is 9.59 Å². The Morgan fingerprint density at radius 1 is 1.24 bits per heavy atom. The van der Waals surface area contributed by atoms with E-state index in [0.717, 1.165) is 29.3 Å². The molecular weight excluding hydrogens is 332 g/mol. The molecule has 4 nitrogen and oxygen atoms in total. The molecule has 2 aliphatic rings. The van der Waals surface area contributed by atoms with Gasteiger partial charge in [-0.1, -0.05) is 35.3 Å². The molecule has 21 heavy (non-hydrogen) atoms. The molecule has 1 heterocycles. The van der Waals surface area contributed by atoms with Crippen molar-refractivity contribution in [2.45, 2.75) is 32.7 Å². The first-order chi connectivity index (χ1) is 10.0. The van der Waals surface area contributed by atoms with Crippen LogP contribution in [0.5, 0.6) is 0 Å². The molecule has 0 radical (unpaired) electrons. The van der Waals surface area contributed by atoms with Crippen molar-refractivity contribution in [2.75, 3.05) is 5.73 Å². The molecular formula is C16H19BrN2O2. The number of hydrogen-bond donors (Lipinski definition) is 1. The zero-order valence-electron chi connectivity index (χ0n) is 12.0. The van der Waals surface area contributed by atoms with Crippen LogP contribution < -0.4 is 5.73 Å². The van der Waals surface area contributed by atoms with E-state index in [4.69, 9.17) is 5.73 Å². The van der Waals surface area contributed by atoms with Gasteiger partial charge in [-0.2, -0.15) is 0 Å². The lowest BCUT2D eigenvalue weighted by atomic mass is 10.00. The predicted octanol–water partition coefficient (Wildman–Crippen LogP) is 2.95. The van der Waals surface area contributed by atoms with E-state index in [1.54, 1.807) is 6.07 Å². The summed E-state index contributed by atoms with van der Waals surface area (Å²) in [6.07, 6.45) is 2.76. The molecule has 3 rings (SSSR count). The molecule has 112 valence electrons. The monoisotopic (exact) mass is 350 g/mol. The number of nitrogen functional groups attached to an aromatic ring is 1. The van der Waals surface area contributed by atoms with Gasteiger partial charge < -0.3 is 5.73 Å². The van der Waals surface area contributed by atoms with Crippen LogP contribution in [0.2, 0.25) is 0 Å². The lowest BCUT2D eigenvalue weighted by Crippen LogP contribution is -2.32. The van der Waals surface area contributed by atoms with Gasteiger partial charge in [0.1, 0.15) is 0 Å². The predicted molar refractivity (Wildman–Crippen MR) is 84.1 cm³/mol. The third kappa shape index (κ3) is 2.37. The highest BCUT2D eigenvalue weighted by atomic mass is 79.9. The van der Waals surface area contributed by atoms with Gasteiger partial charge in [-0.3, -0.25) is 14.5 Å². The van der Waals surface area contributed by atoms with E-state index < -0.39 is 0 Å². The topological polar surface area (TPSA) is 63.4 Å². The Morgan fingerprint density at radius 2 is 1.86 bits per heavy atom. The number of carbonyl (C=O) groups is 2. The third-order valence-corrected chi connectivity index (χ3v) is 5.62. The first kappa shape index (κ1) is 14.6. The average molecular weight is 351 g/mol. The molecule has 2 fully saturated rings. The second kappa shape index (κ2) is 5.44. The van der Waals surface area contributed by atoms with Gasteiger partial charge in [-0.05, 0) is 30.9 Å². The normalized spacial score (nSPS) is 28.3. The maximum absolute atomic E-state index is 12.5. The number of amides is 2. The van der Waals surface area contributed by atoms with E-state index in [2.05, 4.69) is 22.9 Å². The number of imide groups is 1. The van der Waals surface area contributed by atoms with Gasteiger partial charge in [-0.25, -0.2) is 0 Å². The van der Waals surface area contributed by atoms with E-state index >= 15 is 0 Å². The summed E-state index contributed by atoms with van der Waals surface area (Å²) in [4.78, 5) is 26.5. The number of rotatable bonds is 3.